The Balaban J connectivity index is 2.44. The highest BCUT2D eigenvalue weighted by molar-refractivity contribution is 5.43. The van der Waals surface area contributed by atoms with Crippen LogP contribution in [0.4, 0.5) is 0 Å². The van der Waals surface area contributed by atoms with Gasteiger partial charge in [0, 0.05) is 0 Å². The molecule has 20 heavy (non-hydrogen) atoms. The summed E-state index contributed by atoms with van der Waals surface area (Å²) in [6.45, 7) is 6.86. The SMILES string of the molecule is CCOc1cccc(C(NN)c2c(C)cccc2C)c1. The Morgan fingerprint density at radius 3 is 2.35 bits per heavy atom. The molecule has 0 fully saturated rings. The molecule has 0 bridgehead atoms. The Bertz CT molecular complexity index is 561. The molecule has 0 aliphatic carbocycles. The first-order valence-electron chi connectivity index (χ1n) is 6.92. The van der Waals surface area contributed by atoms with Crippen molar-refractivity contribution in [2.45, 2.75) is 26.8 Å². The van der Waals surface area contributed by atoms with E-state index in [-0.39, 0.29) is 6.04 Å². The molecule has 2 aromatic carbocycles. The average molecular weight is 270 g/mol. The number of benzene rings is 2. The van der Waals surface area contributed by atoms with Gasteiger partial charge in [0.2, 0.25) is 0 Å². The molecule has 3 N–H and O–H groups in total. The molecule has 0 aromatic heterocycles. The average Bonchev–Trinajstić information content (AvgIpc) is 2.44. The van der Waals surface area contributed by atoms with Crippen LogP contribution in [0.1, 0.15) is 35.2 Å². The number of nitrogens with one attached hydrogen (secondary N) is 1. The van der Waals surface area contributed by atoms with Crippen LogP contribution in [0.15, 0.2) is 42.5 Å². The molecule has 0 spiro atoms. The van der Waals surface area contributed by atoms with E-state index in [0.29, 0.717) is 6.61 Å². The predicted octanol–water partition coefficient (Wildman–Crippen LogP) is 3.25. The lowest BCUT2D eigenvalue weighted by Gasteiger charge is -2.22. The van der Waals surface area contributed by atoms with Crippen molar-refractivity contribution in [3.05, 3.63) is 64.7 Å². The molecule has 0 saturated carbocycles. The molecular formula is C17H22N2O. The van der Waals surface area contributed by atoms with Gasteiger partial charge in [-0.25, -0.2) is 5.43 Å². The fraction of sp³-hybridized carbons (Fsp3) is 0.294. The maximum Gasteiger partial charge on any atom is 0.119 e. The minimum Gasteiger partial charge on any atom is -0.494 e. The van der Waals surface area contributed by atoms with Crippen molar-refractivity contribution in [3.63, 3.8) is 0 Å². The van der Waals surface area contributed by atoms with Gasteiger partial charge in [0.15, 0.2) is 0 Å². The van der Waals surface area contributed by atoms with Gasteiger partial charge in [-0.15, -0.1) is 0 Å². The molecule has 0 heterocycles. The van der Waals surface area contributed by atoms with Crippen molar-refractivity contribution in [2.24, 2.45) is 5.84 Å². The topological polar surface area (TPSA) is 47.3 Å². The summed E-state index contributed by atoms with van der Waals surface area (Å²) in [7, 11) is 0. The maximum absolute atomic E-state index is 5.81. The molecule has 2 rings (SSSR count). The van der Waals surface area contributed by atoms with Gasteiger partial charge in [0.1, 0.15) is 5.75 Å². The molecule has 0 radical (unpaired) electrons. The Hall–Kier alpha value is -1.84. The normalized spacial score (nSPS) is 12.2. The van der Waals surface area contributed by atoms with Gasteiger partial charge in [-0.1, -0.05) is 30.3 Å². The summed E-state index contributed by atoms with van der Waals surface area (Å²) in [5.74, 6) is 6.68. The predicted molar refractivity (Wildman–Crippen MR) is 82.7 cm³/mol. The smallest absolute Gasteiger partial charge is 0.119 e. The van der Waals surface area contributed by atoms with Gasteiger partial charge in [-0.3, -0.25) is 5.84 Å². The second-order valence-corrected chi connectivity index (χ2v) is 4.91. The molecule has 1 unspecified atom stereocenters. The van der Waals surface area contributed by atoms with Crippen LogP contribution in [0.25, 0.3) is 0 Å². The van der Waals surface area contributed by atoms with Crippen molar-refractivity contribution in [3.8, 4) is 5.75 Å². The third-order valence-corrected chi connectivity index (χ3v) is 3.50. The molecule has 0 aliphatic rings. The number of hydrogen-bond donors (Lipinski definition) is 2. The van der Waals surface area contributed by atoms with Gasteiger partial charge < -0.3 is 4.74 Å². The van der Waals surface area contributed by atoms with Crippen LogP contribution in [-0.2, 0) is 0 Å². The summed E-state index contributed by atoms with van der Waals surface area (Å²) in [6, 6.07) is 14.3. The van der Waals surface area contributed by atoms with Crippen LogP contribution in [0, 0.1) is 13.8 Å². The van der Waals surface area contributed by atoms with Crippen LogP contribution in [0.2, 0.25) is 0 Å². The number of rotatable bonds is 5. The molecule has 3 nitrogen and oxygen atoms in total. The highest BCUT2D eigenvalue weighted by Crippen LogP contribution is 2.29. The molecule has 1 atom stereocenters. The lowest BCUT2D eigenvalue weighted by Crippen LogP contribution is -2.30. The lowest BCUT2D eigenvalue weighted by atomic mass is 9.91. The Morgan fingerprint density at radius 1 is 1.10 bits per heavy atom. The molecule has 3 heteroatoms. The monoisotopic (exact) mass is 270 g/mol. The minimum absolute atomic E-state index is 0.0309. The molecule has 0 aliphatic heterocycles. The summed E-state index contributed by atoms with van der Waals surface area (Å²) in [4.78, 5) is 0. The van der Waals surface area contributed by atoms with E-state index in [1.54, 1.807) is 0 Å². The van der Waals surface area contributed by atoms with Crippen molar-refractivity contribution in [1.82, 2.24) is 5.43 Å². The molecule has 106 valence electrons. The summed E-state index contributed by atoms with van der Waals surface area (Å²) in [5, 5.41) is 0. The first kappa shape index (κ1) is 14.6. The first-order valence-corrected chi connectivity index (χ1v) is 6.92. The number of ether oxygens (including phenoxy) is 1. The Morgan fingerprint density at radius 2 is 1.75 bits per heavy atom. The summed E-state index contributed by atoms with van der Waals surface area (Å²) >= 11 is 0. The molecule has 0 amide bonds. The Kier molecular flexibility index (Phi) is 4.77. The zero-order valence-corrected chi connectivity index (χ0v) is 12.3. The van der Waals surface area contributed by atoms with E-state index in [4.69, 9.17) is 10.6 Å². The van der Waals surface area contributed by atoms with Crippen molar-refractivity contribution < 1.29 is 4.74 Å². The number of hydrazine groups is 1. The van der Waals surface area contributed by atoms with E-state index in [1.165, 1.54) is 16.7 Å². The fourth-order valence-electron chi connectivity index (χ4n) is 2.58. The maximum atomic E-state index is 5.81. The van der Waals surface area contributed by atoms with Crippen LogP contribution in [0.5, 0.6) is 5.75 Å². The fourth-order valence-corrected chi connectivity index (χ4v) is 2.58. The van der Waals surface area contributed by atoms with Crippen LogP contribution >= 0.6 is 0 Å². The van der Waals surface area contributed by atoms with Crippen LogP contribution < -0.4 is 16.0 Å². The third kappa shape index (κ3) is 3.00. The third-order valence-electron chi connectivity index (χ3n) is 3.50. The van der Waals surface area contributed by atoms with Crippen molar-refractivity contribution >= 4 is 0 Å². The lowest BCUT2D eigenvalue weighted by molar-refractivity contribution is 0.339. The van der Waals surface area contributed by atoms with Gasteiger partial charge in [-0.2, -0.15) is 0 Å². The van der Waals surface area contributed by atoms with E-state index < -0.39 is 0 Å². The minimum atomic E-state index is -0.0309. The first-order chi connectivity index (χ1) is 9.67. The second-order valence-electron chi connectivity index (χ2n) is 4.91. The van der Waals surface area contributed by atoms with Crippen LogP contribution in [0.3, 0.4) is 0 Å². The quantitative estimate of drug-likeness (QED) is 0.647. The summed E-state index contributed by atoms with van der Waals surface area (Å²) in [5.41, 5.74) is 7.73. The second kappa shape index (κ2) is 6.55. The summed E-state index contributed by atoms with van der Waals surface area (Å²) < 4.78 is 5.57. The van der Waals surface area contributed by atoms with Crippen molar-refractivity contribution in [1.29, 1.82) is 0 Å². The number of aryl methyl sites for hydroxylation is 2. The van der Waals surface area contributed by atoms with E-state index >= 15 is 0 Å². The number of hydrogen-bond acceptors (Lipinski definition) is 3. The molecule has 2 aromatic rings. The highest BCUT2D eigenvalue weighted by atomic mass is 16.5. The largest absolute Gasteiger partial charge is 0.494 e. The van der Waals surface area contributed by atoms with E-state index in [9.17, 15) is 0 Å². The zero-order valence-electron chi connectivity index (χ0n) is 12.3. The zero-order chi connectivity index (χ0) is 14.5. The van der Waals surface area contributed by atoms with E-state index in [0.717, 1.165) is 11.3 Å². The van der Waals surface area contributed by atoms with Crippen LogP contribution in [-0.4, -0.2) is 6.61 Å². The van der Waals surface area contributed by atoms with Gasteiger partial charge >= 0.3 is 0 Å². The summed E-state index contributed by atoms with van der Waals surface area (Å²) in [6.07, 6.45) is 0. The van der Waals surface area contributed by atoms with Gasteiger partial charge in [-0.05, 0) is 55.2 Å². The van der Waals surface area contributed by atoms with Gasteiger partial charge in [0.05, 0.1) is 12.6 Å². The van der Waals surface area contributed by atoms with Crippen molar-refractivity contribution in [2.75, 3.05) is 6.61 Å². The van der Waals surface area contributed by atoms with E-state index in [2.05, 4.69) is 43.5 Å². The standard InChI is InChI=1S/C17H22N2O/c1-4-20-15-10-6-9-14(11-15)17(19-18)16-12(2)7-5-8-13(16)3/h5-11,17,19H,4,18H2,1-3H3. The Labute approximate surface area is 120 Å². The van der Waals surface area contributed by atoms with E-state index in [1.807, 2.05) is 25.1 Å². The highest BCUT2D eigenvalue weighted by Gasteiger charge is 2.17. The molecule has 0 saturated heterocycles. The number of nitrogens with two attached hydrogens (primary N) is 1. The molecular weight excluding hydrogens is 248 g/mol. The van der Waals surface area contributed by atoms with Gasteiger partial charge in [0.25, 0.3) is 0 Å².